The fraction of sp³-hybridized carbons (Fsp3) is 0.289. The van der Waals surface area contributed by atoms with Crippen molar-refractivity contribution in [3.05, 3.63) is 224 Å². The molecule has 388 valence electrons. The lowest BCUT2D eigenvalue weighted by molar-refractivity contribution is 0.165. The molecule has 14 aliphatic carbocycles. The first-order valence-corrected chi connectivity index (χ1v) is 31.4. The molecule has 4 atom stereocenters. The molecule has 6 aromatic carbocycles. The third kappa shape index (κ3) is 4.47. The van der Waals surface area contributed by atoms with Gasteiger partial charge in [0.05, 0.1) is 81.1 Å². The lowest BCUT2D eigenvalue weighted by Crippen LogP contribution is -2.28. The van der Waals surface area contributed by atoms with Gasteiger partial charge in [-0.1, -0.05) is 97.1 Å². The standard InChI is InChI=1S/C76H54N6/c1-5-13-45-41(9-1)59-42-10-2-6-14-46(42)61(45)73-69(59)67-55(31-79-73)81-53-29-77-71-39-23-33-17-34(24-39)20-37(19-33)57(71)63(53)51-28-50-49(65(67)75(51)81)27-52-64-54(30-78-72-40-25-35-18-36(26-40)22-38(21-35)58(64)72)82-56-32-80-74-62-47-15-7-3-11-43(47)60(44-12-4-8-16-48(44)62)70(74)68(56)66(50)76(52)82/h1-16,27-40,59-62H,17-26H2. The highest BCUT2D eigenvalue weighted by atomic mass is 15.0. The fourth-order valence-electron chi connectivity index (χ4n) is 22.7. The monoisotopic (exact) mass is 1050 g/mol. The van der Waals surface area contributed by atoms with Crippen LogP contribution in [-0.2, 0) is 0 Å². The molecule has 8 heterocycles. The topological polar surface area (TPSA) is 60.4 Å². The van der Waals surface area contributed by atoms with Crippen LogP contribution >= 0.6 is 0 Å². The first-order chi connectivity index (χ1) is 40.7. The molecule has 0 spiro atoms. The first kappa shape index (κ1) is 41.7. The molecule has 4 saturated carbocycles. The van der Waals surface area contributed by atoms with Crippen molar-refractivity contribution in [2.45, 2.75) is 112 Å². The van der Waals surface area contributed by atoms with E-state index in [0.717, 1.165) is 23.7 Å². The van der Waals surface area contributed by atoms with E-state index in [1.165, 1.54) is 230 Å². The molecule has 0 saturated heterocycles. The van der Waals surface area contributed by atoms with Crippen LogP contribution in [0, 0.1) is 23.7 Å². The highest BCUT2D eigenvalue weighted by molar-refractivity contribution is 6.40. The number of pyridine rings is 4. The van der Waals surface area contributed by atoms with Crippen molar-refractivity contribution in [2.24, 2.45) is 23.7 Å². The van der Waals surface area contributed by atoms with Crippen molar-refractivity contribution in [3.8, 4) is 0 Å². The van der Waals surface area contributed by atoms with Gasteiger partial charge in [0.15, 0.2) is 0 Å². The molecule has 28 rings (SSSR count). The highest BCUT2D eigenvalue weighted by Crippen LogP contribution is 2.65. The van der Waals surface area contributed by atoms with Crippen molar-refractivity contribution < 1.29 is 0 Å². The minimum atomic E-state index is 0.0688. The second-order valence-electron chi connectivity index (χ2n) is 28.2. The van der Waals surface area contributed by atoms with Crippen molar-refractivity contribution >= 4 is 87.0 Å². The molecule has 8 aromatic heterocycles. The summed E-state index contributed by atoms with van der Waals surface area (Å²) in [6.07, 6.45) is 22.5. The van der Waals surface area contributed by atoms with E-state index in [1.807, 2.05) is 0 Å². The van der Waals surface area contributed by atoms with Gasteiger partial charge in [-0.25, -0.2) is 0 Å². The Kier molecular flexibility index (Phi) is 6.94. The molecule has 4 fully saturated rings. The lowest BCUT2D eigenvalue weighted by atomic mass is 9.62. The Labute approximate surface area is 471 Å². The smallest absolute Gasteiger partial charge is 0.0729 e. The summed E-state index contributed by atoms with van der Waals surface area (Å²) in [5, 5.41) is 14.2. The van der Waals surface area contributed by atoms with Gasteiger partial charge in [0.1, 0.15) is 0 Å². The van der Waals surface area contributed by atoms with E-state index in [4.69, 9.17) is 19.9 Å². The van der Waals surface area contributed by atoms with Crippen LogP contribution in [0.2, 0.25) is 0 Å². The summed E-state index contributed by atoms with van der Waals surface area (Å²) < 4.78 is 5.41. The number of nitrogens with zero attached hydrogens (tertiary/aromatic N) is 6. The largest absolute Gasteiger partial charge is 0.305 e. The van der Waals surface area contributed by atoms with Crippen molar-refractivity contribution in [1.82, 2.24) is 28.7 Å². The van der Waals surface area contributed by atoms with Gasteiger partial charge in [0.2, 0.25) is 0 Å². The molecule has 14 aromatic rings. The Morgan fingerprint density at radius 1 is 0.280 bits per heavy atom. The zero-order chi connectivity index (χ0) is 52.0. The van der Waals surface area contributed by atoms with Crippen LogP contribution in [0.3, 0.4) is 0 Å². The highest BCUT2D eigenvalue weighted by Gasteiger charge is 2.50. The SMILES string of the molecule is c1ccc2c(c1)C1c3ccccc3C2c2c1ncc1c2c2c3cc4c5c6c(ncc5n5c7cnc8c(c7c(c3cc3c7c9c(ncc7n1c32)C1CC2CC(C1)CC9C2)c45)C1c2ccccc2C8c2ccccc21)C1CC2CC(C1)CC6C2. The van der Waals surface area contributed by atoms with Crippen LogP contribution in [0.15, 0.2) is 134 Å². The van der Waals surface area contributed by atoms with Gasteiger partial charge < -0.3 is 8.80 Å². The van der Waals surface area contributed by atoms with Crippen molar-refractivity contribution in [3.63, 3.8) is 0 Å². The van der Waals surface area contributed by atoms with Gasteiger partial charge in [0.25, 0.3) is 0 Å². The van der Waals surface area contributed by atoms with Gasteiger partial charge in [-0.2, -0.15) is 0 Å². The second-order valence-corrected chi connectivity index (χ2v) is 28.2. The Bertz CT molecular complexity index is 4970. The number of hydrogen-bond acceptors (Lipinski definition) is 4. The van der Waals surface area contributed by atoms with Crippen molar-refractivity contribution in [2.75, 3.05) is 0 Å². The second kappa shape index (κ2) is 13.6. The Morgan fingerprint density at radius 3 is 0.939 bits per heavy atom. The van der Waals surface area contributed by atoms with Gasteiger partial charge in [-0.3, -0.25) is 19.9 Å². The molecule has 0 amide bonds. The van der Waals surface area contributed by atoms with E-state index in [0.29, 0.717) is 23.7 Å². The van der Waals surface area contributed by atoms with E-state index in [-0.39, 0.29) is 23.7 Å². The molecule has 14 aliphatic rings. The summed E-state index contributed by atoms with van der Waals surface area (Å²) in [7, 11) is 0. The maximum absolute atomic E-state index is 5.78. The molecule has 6 nitrogen and oxygen atoms in total. The summed E-state index contributed by atoms with van der Waals surface area (Å²) in [5.74, 6) is 5.65. The quantitative estimate of drug-likeness (QED) is 0.152. The summed E-state index contributed by atoms with van der Waals surface area (Å²) in [6.45, 7) is 0. The normalized spacial score (nSPS) is 28.7. The van der Waals surface area contributed by atoms with Gasteiger partial charge in [0, 0.05) is 78.1 Å². The van der Waals surface area contributed by atoms with Crippen LogP contribution in [0.25, 0.3) is 87.0 Å². The number of aromatic nitrogens is 6. The van der Waals surface area contributed by atoms with Crippen LogP contribution in [0.5, 0.6) is 0 Å². The number of fused-ring (bicyclic) bond motifs is 15. The summed E-state index contributed by atoms with van der Waals surface area (Å²) >= 11 is 0. The first-order valence-electron chi connectivity index (χ1n) is 31.4. The molecule has 82 heavy (non-hydrogen) atoms. The predicted octanol–water partition coefficient (Wildman–Crippen LogP) is 17.5. The predicted molar refractivity (Wildman–Crippen MR) is 325 cm³/mol. The Hall–Kier alpha value is -8.22. The fourth-order valence-corrected chi connectivity index (χ4v) is 22.7. The van der Waals surface area contributed by atoms with Gasteiger partial charge in [-0.15, -0.1) is 0 Å². The van der Waals surface area contributed by atoms with Crippen LogP contribution in [-0.4, -0.2) is 28.7 Å². The average Bonchev–Trinajstić information content (AvgIpc) is 1.64. The minimum absolute atomic E-state index is 0.0688. The zero-order valence-electron chi connectivity index (χ0n) is 45.4. The number of benzene rings is 6. The average molecular weight is 1050 g/mol. The Balaban J connectivity index is 0.946. The van der Waals surface area contributed by atoms with E-state index in [2.05, 4.69) is 143 Å². The molecule has 0 aliphatic heterocycles. The van der Waals surface area contributed by atoms with Crippen LogP contribution in [0.4, 0.5) is 0 Å². The molecule has 0 radical (unpaired) electrons. The number of hydrogen-bond donors (Lipinski definition) is 0. The summed E-state index contributed by atoms with van der Waals surface area (Å²) in [4.78, 5) is 23.0. The molecular weight excluding hydrogens is 997 g/mol. The molecule has 4 unspecified atom stereocenters. The molecule has 12 bridgehead atoms. The van der Waals surface area contributed by atoms with E-state index >= 15 is 0 Å². The maximum Gasteiger partial charge on any atom is 0.0729 e. The Morgan fingerprint density at radius 2 is 0.585 bits per heavy atom. The van der Waals surface area contributed by atoms with Gasteiger partial charge >= 0.3 is 0 Å². The van der Waals surface area contributed by atoms with E-state index in [1.54, 1.807) is 11.1 Å². The molecular formula is C76H54N6. The maximum atomic E-state index is 5.78. The zero-order valence-corrected chi connectivity index (χ0v) is 45.4. The molecule has 6 heteroatoms. The van der Waals surface area contributed by atoms with Gasteiger partial charge in [-0.05, 0) is 189 Å². The summed E-state index contributed by atoms with van der Waals surface area (Å²) in [6, 6.07) is 43.0. The van der Waals surface area contributed by atoms with E-state index < -0.39 is 0 Å². The van der Waals surface area contributed by atoms with Crippen molar-refractivity contribution in [1.29, 1.82) is 0 Å². The third-order valence-electron chi connectivity index (χ3n) is 24.8. The lowest BCUT2D eigenvalue weighted by Gasteiger charge is -2.41. The van der Waals surface area contributed by atoms with E-state index in [9.17, 15) is 0 Å². The minimum Gasteiger partial charge on any atom is -0.305 e. The van der Waals surface area contributed by atoms with Crippen LogP contribution in [0.1, 0.15) is 201 Å². The number of rotatable bonds is 0. The molecule has 0 N–H and O–H groups in total. The van der Waals surface area contributed by atoms with Crippen LogP contribution < -0.4 is 0 Å². The third-order valence-corrected chi connectivity index (χ3v) is 24.8. The summed E-state index contributed by atoms with van der Waals surface area (Å²) in [5.41, 5.74) is 30.6.